The van der Waals surface area contributed by atoms with E-state index in [2.05, 4.69) is 10.6 Å². The summed E-state index contributed by atoms with van der Waals surface area (Å²) in [6, 6.07) is 17.5. The molecule has 33 heavy (non-hydrogen) atoms. The second kappa shape index (κ2) is 12.6. The predicted octanol–water partition coefficient (Wildman–Crippen LogP) is 4.67. The lowest BCUT2D eigenvalue weighted by Gasteiger charge is -2.25. The van der Waals surface area contributed by atoms with Gasteiger partial charge < -0.3 is 20.1 Å². The van der Waals surface area contributed by atoms with Crippen LogP contribution in [0.25, 0.3) is 0 Å². The number of nitrogens with one attached hydrogen (secondary N) is 2. The van der Waals surface area contributed by atoms with Gasteiger partial charge in [0.2, 0.25) is 5.91 Å². The van der Waals surface area contributed by atoms with Crippen molar-refractivity contribution in [2.75, 3.05) is 0 Å². The lowest BCUT2D eigenvalue weighted by Crippen LogP contribution is -2.50. The lowest BCUT2D eigenvalue weighted by molar-refractivity contribution is -0.147. The Hall–Kier alpha value is -3.35. The number of carbonyl (C=O) groups is 3. The van der Waals surface area contributed by atoms with Crippen molar-refractivity contribution in [1.82, 2.24) is 10.6 Å². The van der Waals surface area contributed by atoms with Gasteiger partial charge in [0.05, 0.1) is 12.5 Å². The Labute approximate surface area is 195 Å². The van der Waals surface area contributed by atoms with Gasteiger partial charge in [-0.05, 0) is 38.3 Å². The first kappa shape index (κ1) is 25.9. The fourth-order valence-corrected chi connectivity index (χ4v) is 3.19. The highest BCUT2D eigenvalue weighted by Crippen LogP contribution is 2.19. The number of amides is 2. The van der Waals surface area contributed by atoms with Crippen LogP contribution in [0.3, 0.4) is 0 Å². The van der Waals surface area contributed by atoms with Crippen molar-refractivity contribution in [1.29, 1.82) is 0 Å². The van der Waals surface area contributed by atoms with E-state index in [0.717, 1.165) is 17.5 Å². The first-order valence-electron chi connectivity index (χ1n) is 11.2. The van der Waals surface area contributed by atoms with Gasteiger partial charge in [0.15, 0.2) is 0 Å². The van der Waals surface area contributed by atoms with Gasteiger partial charge in [-0.1, -0.05) is 74.0 Å². The van der Waals surface area contributed by atoms with E-state index in [1.165, 1.54) is 0 Å². The molecule has 2 amide bonds. The van der Waals surface area contributed by atoms with Crippen molar-refractivity contribution in [3.63, 3.8) is 0 Å². The van der Waals surface area contributed by atoms with E-state index in [1.54, 1.807) is 20.8 Å². The van der Waals surface area contributed by atoms with Crippen LogP contribution in [0.4, 0.5) is 4.79 Å². The summed E-state index contributed by atoms with van der Waals surface area (Å²) in [6.07, 6.45) is 0.479. The van der Waals surface area contributed by atoms with Gasteiger partial charge in [-0.2, -0.15) is 0 Å². The molecule has 0 fully saturated rings. The lowest BCUT2D eigenvalue weighted by atomic mass is 10.0. The molecule has 2 rings (SSSR count). The second-order valence-electron chi connectivity index (χ2n) is 8.81. The number of esters is 1. The van der Waals surface area contributed by atoms with Gasteiger partial charge in [0, 0.05) is 0 Å². The minimum absolute atomic E-state index is 0.0862. The van der Waals surface area contributed by atoms with Crippen molar-refractivity contribution in [3.8, 4) is 0 Å². The maximum Gasteiger partial charge on any atom is 0.408 e. The number of hydrogen-bond donors (Lipinski definition) is 2. The third kappa shape index (κ3) is 9.76. The average Bonchev–Trinajstić information content (AvgIpc) is 2.77. The highest BCUT2D eigenvalue weighted by molar-refractivity contribution is 5.89. The van der Waals surface area contributed by atoms with Crippen molar-refractivity contribution in [2.24, 2.45) is 0 Å². The van der Waals surface area contributed by atoms with Crippen molar-refractivity contribution >= 4 is 18.0 Å². The van der Waals surface area contributed by atoms with Crippen LogP contribution in [0.2, 0.25) is 0 Å². The van der Waals surface area contributed by atoms with E-state index in [9.17, 15) is 14.4 Å². The van der Waals surface area contributed by atoms with E-state index in [1.807, 2.05) is 67.6 Å². The third-order valence-corrected chi connectivity index (χ3v) is 4.72. The van der Waals surface area contributed by atoms with Crippen LogP contribution in [-0.4, -0.2) is 29.6 Å². The fraction of sp³-hybridized carbons (Fsp3) is 0.423. The number of rotatable bonds is 10. The van der Waals surface area contributed by atoms with Crippen LogP contribution in [-0.2, 0) is 25.7 Å². The summed E-state index contributed by atoms with van der Waals surface area (Å²) in [5.74, 6) is -1.07. The molecule has 0 aliphatic rings. The number of hydrogen-bond acceptors (Lipinski definition) is 5. The Balaban J connectivity index is 2.09. The van der Waals surface area contributed by atoms with Gasteiger partial charge in [-0.15, -0.1) is 0 Å². The molecular formula is C26H34N2O5. The number of alkyl carbamates (subject to hydrolysis) is 1. The minimum Gasteiger partial charge on any atom is -0.461 e. The average molecular weight is 455 g/mol. The molecule has 2 N–H and O–H groups in total. The zero-order valence-electron chi connectivity index (χ0n) is 19.8. The molecule has 0 aliphatic carbocycles. The molecule has 2 aromatic carbocycles. The topological polar surface area (TPSA) is 93.7 Å². The molecule has 0 spiro atoms. The Morgan fingerprint density at radius 3 is 2.09 bits per heavy atom. The smallest absolute Gasteiger partial charge is 0.408 e. The molecule has 178 valence electrons. The van der Waals surface area contributed by atoms with Crippen molar-refractivity contribution < 1.29 is 23.9 Å². The van der Waals surface area contributed by atoms with Crippen molar-refractivity contribution in [3.05, 3.63) is 71.8 Å². The van der Waals surface area contributed by atoms with Crippen molar-refractivity contribution in [2.45, 2.75) is 71.2 Å². The Morgan fingerprint density at radius 2 is 1.52 bits per heavy atom. The summed E-state index contributed by atoms with van der Waals surface area (Å²) < 4.78 is 10.6. The van der Waals surface area contributed by atoms with Gasteiger partial charge in [-0.25, -0.2) is 4.79 Å². The van der Waals surface area contributed by atoms with E-state index < -0.39 is 29.6 Å². The van der Waals surface area contributed by atoms with Crippen LogP contribution in [0.15, 0.2) is 60.7 Å². The van der Waals surface area contributed by atoms with E-state index in [4.69, 9.17) is 9.47 Å². The highest BCUT2D eigenvalue weighted by atomic mass is 16.6. The summed E-state index contributed by atoms with van der Waals surface area (Å²) in [7, 11) is 0. The molecule has 7 heteroatoms. The van der Waals surface area contributed by atoms with Crippen LogP contribution in [0, 0.1) is 0 Å². The zero-order chi connectivity index (χ0) is 24.3. The Kier molecular flexibility index (Phi) is 9.91. The molecule has 1 unspecified atom stereocenters. The maximum absolute atomic E-state index is 13.1. The van der Waals surface area contributed by atoms with Gasteiger partial charge in [0.1, 0.15) is 18.2 Å². The quantitative estimate of drug-likeness (QED) is 0.509. The van der Waals surface area contributed by atoms with Gasteiger partial charge >= 0.3 is 12.1 Å². The van der Waals surface area contributed by atoms with E-state index >= 15 is 0 Å². The second-order valence-corrected chi connectivity index (χ2v) is 8.81. The molecule has 7 nitrogen and oxygen atoms in total. The van der Waals surface area contributed by atoms with Crippen LogP contribution >= 0.6 is 0 Å². The van der Waals surface area contributed by atoms with Gasteiger partial charge in [-0.3, -0.25) is 9.59 Å². The number of carbonyl (C=O) groups excluding carboxylic acids is 3. The molecule has 0 aromatic heterocycles. The third-order valence-electron chi connectivity index (χ3n) is 4.72. The summed E-state index contributed by atoms with van der Waals surface area (Å²) in [6.45, 7) is 7.29. The van der Waals surface area contributed by atoms with E-state index in [-0.39, 0.29) is 19.1 Å². The number of benzene rings is 2. The molecule has 2 aromatic rings. The molecule has 0 aliphatic heterocycles. The molecule has 0 saturated carbocycles. The first-order chi connectivity index (χ1) is 15.7. The molecule has 0 saturated heterocycles. The summed E-state index contributed by atoms with van der Waals surface area (Å²) in [5.41, 5.74) is 1.04. The molecule has 0 heterocycles. The maximum atomic E-state index is 13.1. The molecule has 2 atom stereocenters. The van der Waals surface area contributed by atoms with Crippen LogP contribution < -0.4 is 10.6 Å². The highest BCUT2D eigenvalue weighted by Gasteiger charge is 2.29. The molecule has 0 radical (unpaired) electrons. The normalized spacial score (nSPS) is 12.8. The van der Waals surface area contributed by atoms with Gasteiger partial charge in [0.25, 0.3) is 0 Å². The van der Waals surface area contributed by atoms with Crippen LogP contribution in [0.5, 0.6) is 0 Å². The molecule has 0 bridgehead atoms. The SMILES string of the molecule is CCCC(NC(=O)[C@H](CC(=O)OCc1ccccc1)NC(=O)OC(C)(C)C)c1ccccc1. The fourth-order valence-electron chi connectivity index (χ4n) is 3.19. The summed E-state index contributed by atoms with van der Waals surface area (Å²) >= 11 is 0. The van der Waals surface area contributed by atoms with E-state index in [0.29, 0.717) is 6.42 Å². The first-order valence-corrected chi connectivity index (χ1v) is 11.2. The monoisotopic (exact) mass is 454 g/mol. The number of ether oxygens (including phenoxy) is 2. The standard InChI is InChI=1S/C26H34N2O5/c1-5-12-21(20-15-10-7-11-16-20)27-24(30)22(28-25(31)33-26(2,3)4)17-23(29)32-18-19-13-8-6-9-14-19/h6-11,13-16,21-22H,5,12,17-18H2,1-4H3,(H,27,30)(H,28,31)/t21?,22-/m0/s1. The Morgan fingerprint density at radius 1 is 0.909 bits per heavy atom. The summed E-state index contributed by atoms with van der Waals surface area (Å²) in [5, 5.41) is 5.49. The molecular weight excluding hydrogens is 420 g/mol. The zero-order valence-corrected chi connectivity index (χ0v) is 19.8. The largest absolute Gasteiger partial charge is 0.461 e. The predicted molar refractivity (Wildman–Crippen MR) is 126 cm³/mol. The van der Waals surface area contributed by atoms with Crippen LogP contribution in [0.1, 0.15) is 64.1 Å². The Bertz CT molecular complexity index is 894. The minimum atomic E-state index is -1.13. The summed E-state index contributed by atoms with van der Waals surface area (Å²) in [4.78, 5) is 38.0.